The van der Waals surface area contributed by atoms with Crippen molar-refractivity contribution in [3.8, 4) is 11.4 Å². The molecule has 132 valence electrons. The molecule has 8 nitrogen and oxygen atoms in total. The zero-order valence-electron chi connectivity index (χ0n) is 14.2. The van der Waals surface area contributed by atoms with E-state index in [2.05, 4.69) is 20.5 Å². The van der Waals surface area contributed by atoms with Crippen molar-refractivity contribution in [3.63, 3.8) is 0 Å². The van der Waals surface area contributed by atoms with E-state index in [4.69, 9.17) is 5.73 Å². The SMILES string of the molecule is CC(=O)N1CCCC(C(=O)Nc2ccc(-c3n[nH]c(CN)n3)cc2)C1. The standard InChI is InChI=1S/C17H22N6O2/c1-11(24)23-8-2-3-13(10-23)17(25)19-14-6-4-12(5-7-14)16-20-15(9-18)21-22-16/h4-7,13H,2-3,8-10,18H2,1H3,(H,19,25)(H,20,21,22). The molecule has 1 atom stereocenters. The van der Waals surface area contributed by atoms with Gasteiger partial charge in [-0.1, -0.05) is 0 Å². The van der Waals surface area contributed by atoms with Crippen molar-refractivity contribution in [2.24, 2.45) is 11.7 Å². The number of nitrogens with one attached hydrogen (secondary N) is 2. The van der Waals surface area contributed by atoms with E-state index < -0.39 is 0 Å². The number of nitrogens with zero attached hydrogens (tertiary/aromatic N) is 3. The fraction of sp³-hybridized carbons (Fsp3) is 0.412. The Hall–Kier alpha value is -2.74. The number of amides is 2. The molecule has 1 aliphatic rings. The van der Waals surface area contributed by atoms with Crippen molar-refractivity contribution >= 4 is 17.5 Å². The van der Waals surface area contributed by atoms with Crippen LogP contribution in [0.15, 0.2) is 24.3 Å². The number of piperidine rings is 1. The third kappa shape index (κ3) is 4.03. The van der Waals surface area contributed by atoms with Crippen LogP contribution < -0.4 is 11.1 Å². The Balaban J connectivity index is 1.62. The number of likely N-dealkylation sites (tertiary alicyclic amines) is 1. The van der Waals surface area contributed by atoms with Gasteiger partial charge in [0.25, 0.3) is 0 Å². The van der Waals surface area contributed by atoms with Gasteiger partial charge < -0.3 is 16.0 Å². The van der Waals surface area contributed by atoms with Gasteiger partial charge in [0.05, 0.1) is 12.5 Å². The summed E-state index contributed by atoms with van der Waals surface area (Å²) in [4.78, 5) is 29.9. The fourth-order valence-electron chi connectivity index (χ4n) is 2.94. The first-order chi connectivity index (χ1) is 12.1. The Labute approximate surface area is 145 Å². The fourth-order valence-corrected chi connectivity index (χ4v) is 2.94. The van der Waals surface area contributed by atoms with Crippen molar-refractivity contribution in [1.29, 1.82) is 0 Å². The van der Waals surface area contributed by atoms with Crippen LogP contribution >= 0.6 is 0 Å². The van der Waals surface area contributed by atoms with Crippen LogP contribution in [0.2, 0.25) is 0 Å². The van der Waals surface area contributed by atoms with Crippen LogP contribution in [0.5, 0.6) is 0 Å². The summed E-state index contributed by atoms with van der Waals surface area (Å²) in [6.45, 7) is 3.06. The Bertz CT molecular complexity index is 755. The minimum atomic E-state index is -0.169. The minimum Gasteiger partial charge on any atom is -0.342 e. The zero-order chi connectivity index (χ0) is 17.8. The number of hydrogen-bond donors (Lipinski definition) is 3. The molecular weight excluding hydrogens is 320 g/mol. The lowest BCUT2D eigenvalue weighted by Crippen LogP contribution is -2.42. The summed E-state index contributed by atoms with van der Waals surface area (Å²) in [7, 11) is 0. The maximum absolute atomic E-state index is 12.4. The van der Waals surface area contributed by atoms with Crippen molar-refractivity contribution < 1.29 is 9.59 Å². The van der Waals surface area contributed by atoms with Crippen LogP contribution in [0, 0.1) is 5.92 Å². The highest BCUT2D eigenvalue weighted by atomic mass is 16.2. The van der Waals surface area contributed by atoms with E-state index in [9.17, 15) is 9.59 Å². The summed E-state index contributed by atoms with van der Waals surface area (Å²) in [6, 6.07) is 7.33. The van der Waals surface area contributed by atoms with E-state index in [1.165, 1.54) is 6.92 Å². The predicted molar refractivity (Wildman–Crippen MR) is 93.3 cm³/mol. The Morgan fingerprint density at radius 2 is 2.12 bits per heavy atom. The summed E-state index contributed by atoms with van der Waals surface area (Å²) < 4.78 is 0. The monoisotopic (exact) mass is 342 g/mol. The Kier molecular flexibility index (Phi) is 5.08. The van der Waals surface area contributed by atoms with Crippen molar-refractivity contribution in [2.45, 2.75) is 26.3 Å². The summed E-state index contributed by atoms with van der Waals surface area (Å²) in [5.74, 6) is 0.993. The van der Waals surface area contributed by atoms with E-state index in [0.717, 1.165) is 24.9 Å². The number of nitrogens with two attached hydrogens (primary N) is 1. The highest BCUT2D eigenvalue weighted by Gasteiger charge is 2.27. The quantitative estimate of drug-likeness (QED) is 0.770. The number of H-pyrrole nitrogens is 1. The Morgan fingerprint density at radius 3 is 2.76 bits per heavy atom. The topological polar surface area (TPSA) is 117 Å². The summed E-state index contributed by atoms with van der Waals surface area (Å²) in [5.41, 5.74) is 7.07. The summed E-state index contributed by atoms with van der Waals surface area (Å²) in [5, 5.41) is 9.79. The summed E-state index contributed by atoms with van der Waals surface area (Å²) in [6.07, 6.45) is 1.65. The molecule has 3 rings (SSSR count). The van der Waals surface area contributed by atoms with Gasteiger partial charge in [0.15, 0.2) is 5.82 Å². The average Bonchev–Trinajstić information content (AvgIpc) is 3.11. The normalized spacial score (nSPS) is 17.4. The molecule has 1 unspecified atom stereocenters. The van der Waals surface area contributed by atoms with Crippen LogP contribution in [0.3, 0.4) is 0 Å². The van der Waals surface area contributed by atoms with Crippen LogP contribution in [0.25, 0.3) is 11.4 Å². The molecule has 8 heteroatoms. The number of benzene rings is 1. The number of aromatic amines is 1. The summed E-state index contributed by atoms with van der Waals surface area (Å²) >= 11 is 0. The van der Waals surface area contributed by atoms with Gasteiger partial charge in [-0.15, -0.1) is 0 Å². The average molecular weight is 342 g/mol. The molecule has 0 radical (unpaired) electrons. The predicted octanol–water partition coefficient (Wildman–Crippen LogP) is 1.13. The number of carbonyl (C=O) groups is 2. The number of anilines is 1. The number of hydrogen-bond acceptors (Lipinski definition) is 5. The molecule has 1 saturated heterocycles. The molecule has 0 aliphatic carbocycles. The van der Waals surface area contributed by atoms with Gasteiger partial charge in [0.1, 0.15) is 5.82 Å². The lowest BCUT2D eigenvalue weighted by molar-refractivity contribution is -0.132. The molecule has 1 aliphatic heterocycles. The molecule has 0 spiro atoms. The lowest BCUT2D eigenvalue weighted by atomic mass is 9.97. The molecule has 2 amide bonds. The third-order valence-electron chi connectivity index (χ3n) is 4.37. The van der Waals surface area contributed by atoms with Crippen LogP contribution in [-0.2, 0) is 16.1 Å². The van der Waals surface area contributed by atoms with Gasteiger partial charge in [-0.2, -0.15) is 5.10 Å². The molecule has 1 aromatic heterocycles. The first-order valence-corrected chi connectivity index (χ1v) is 8.35. The van der Waals surface area contributed by atoms with Gasteiger partial charge in [-0.3, -0.25) is 14.7 Å². The molecule has 0 saturated carbocycles. The molecule has 2 heterocycles. The van der Waals surface area contributed by atoms with E-state index >= 15 is 0 Å². The van der Waals surface area contributed by atoms with Crippen LogP contribution in [0.4, 0.5) is 5.69 Å². The van der Waals surface area contributed by atoms with Gasteiger partial charge in [-0.05, 0) is 37.1 Å². The molecule has 4 N–H and O–H groups in total. The zero-order valence-corrected chi connectivity index (χ0v) is 14.2. The minimum absolute atomic E-state index is 0.0187. The van der Waals surface area contributed by atoms with E-state index in [1.807, 2.05) is 24.3 Å². The molecule has 25 heavy (non-hydrogen) atoms. The van der Waals surface area contributed by atoms with Crippen molar-refractivity contribution in [2.75, 3.05) is 18.4 Å². The third-order valence-corrected chi connectivity index (χ3v) is 4.37. The highest BCUT2D eigenvalue weighted by Crippen LogP contribution is 2.21. The molecular formula is C17H22N6O2. The first kappa shape index (κ1) is 17.1. The molecule has 1 fully saturated rings. The largest absolute Gasteiger partial charge is 0.342 e. The number of rotatable bonds is 4. The van der Waals surface area contributed by atoms with E-state index in [0.29, 0.717) is 30.4 Å². The smallest absolute Gasteiger partial charge is 0.229 e. The van der Waals surface area contributed by atoms with Crippen LogP contribution in [0.1, 0.15) is 25.6 Å². The second-order valence-electron chi connectivity index (χ2n) is 6.18. The molecule has 1 aromatic carbocycles. The maximum Gasteiger partial charge on any atom is 0.229 e. The van der Waals surface area contributed by atoms with Crippen molar-refractivity contribution in [1.82, 2.24) is 20.1 Å². The van der Waals surface area contributed by atoms with E-state index in [1.54, 1.807) is 4.90 Å². The van der Waals surface area contributed by atoms with Gasteiger partial charge >= 0.3 is 0 Å². The number of carbonyl (C=O) groups excluding carboxylic acids is 2. The van der Waals surface area contributed by atoms with Crippen molar-refractivity contribution in [3.05, 3.63) is 30.1 Å². The second kappa shape index (κ2) is 7.43. The molecule has 0 bridgehead atoms. The maximum atomic E-state index is 12.4. The molecule has 2 aromatic rings. The highest BCUT2D eigenvalue weighted by molar-refractivity contribution is 5.93. The first-order valence-electron chi connectivity index (χ1n) is 8.35. The van der Waals surface area contributed by atoms with Crippen LogP contribution in [-0.4, -0.2) is 45.0 Å². The Morgan fingerprint density at radius 1 is 1.36 bits per heavy atom. The van der Waals surface area contributed by atoms with Gasteiger partial charge in [0, 0.05) is 31.3 Å². The van der Waals surface area contributed by atoms with Gasteiger partial charge in [-0.25, -0.2) is 4.98 Å². The lowest BCUT2D eigenvalue weighted by Gasteiger charge is -2.31. The van der Waals surface area contributed by atoms with E-state index in [-0.39, 0.29) is 17.7 Å². The second-order valence-corrected chi connectivity index (χ2v) is 6.18. The number of aromatic nitrogens is 3. The van der Waals surface area contributed by atoms with Gasteiger partial charge in [0.2, 0.25) is 11.8 Å².